The summed E-state index contributed by atoms with van der Waals surface area (Å²) in [6.45, 7) is 5.26. The molecule has 0 saturated heterocycles. The molecule has 1 unspecified atom stereocenters. The maximum Gasteiger partial charge on any atom is 0.292 e. The van der Waals surface area contributed by atoms with Crippen molar-refractivity contribution in [3.63, 3.8) is 0 Å². The zero-order valence-corrected chi connectivity index (χ0v) is 18.0. The molecule has 2 N–H and O–H groups in total. The fourth-order valence-electron chi connectivity index (χ4n) is 3.92. The standard InChI is InChI=1S/C21H21ClN6O3/c1-11-18(31-20(25-11)21(2,3)30)19(29)27-8-7-13-16(24-10-23-13)17(27)14-9-12-5-4-6-15(22)28(12)26-14/h4-6,9-10,17,30H,7-8H2,1-3H3,(H,23,24). The molecule has 31 heavy (non-hydrogen) atoms. The lowest BCUT2D eigenvalue weighted by Crippen LogP contribution is -2.41. The van der Waals surface area contributed by atoms with Gasteiger partial charge in [-0.25, -0.2) is 14.5 Å². The Labute approximate surface area is 182 Å². The van der Waals surface area contributed by atoms with Crippen molar-refractivity contribution in [3.05, 3.63) is 70.2 Å². The van der Waals surface area contributed by atoms with Gasteiger partial charge in [0.15, 0.2) is 0 Å². The van der Waals surface area contributed by atoms with Crippen LogP contribution in [0.25, 0.3) is 5.52 Å². The third kappa shape index (κ3) is 3.21. The zero-order chi connectivity index (χ0) is 21.9. The second-order valence-corrected chi connectivity index (χ2v) is 8.55. The lowest BCUT2D eigenvalue weighted by Gasteiger charge is -2.33. The summed E-state index contributed by atoms with van der Waals surface area (Å²) in [5.41, 5.74) is 2.29. The Morgan fingerprint density at radius 1 is 1.39 bits per heavy atom. The number of amides is 1. The van der Waals surface area contributed by atoms with Crippen molar-refractivity contribution in [2.75, 3.05) is 6.54 Å². The Morgan fingerprint density at radius 3 is 2.90 bits per heavy atom. The van der Waals surface area contributed by atoms with E-state index >= 15 is 0 Å². The number of H-pyrrole nitrogens is 1. The fourth-order valence-corrected chi connectivity index (χ4v) is 4.12. The van der Waals surface area contributed by atoms with E-state index in [4.69, 9.17) is 16.0 Å². The first-order valence-corrected chi connectivity index (χ1v) is 10.3. The topological polar surface area (TPSA) is 113 Å². The normalized spacial score (nSPS) is 16.7. The molecular weight excluding hydrogens is 420 g/mol. The number of nitrogens with one attached hydrogen (secondary N) is 1. The molecule has 5 heterocycles. The zero-order valence-electron chi connectivity index (χ0n) is 17.3. The molecule has 0 spiro atoms. The maximum absolute atomic E-state index is 13.6. The van der Waals surface area contributed by atoms with Crippen LogP contribution in [0.15, 0.2) is 35.0 Å². The number of rotatable bonds is 3. The fraction of sp³-hybridized carbons (Fsp3) is 0.333. The van der Waals surface area contributed by atoms with Gasteiger partial charge in [-0.3, -0.25) is 4.79 Å². The van der Waals surface area contributed by atoms with E-state index in [0.717, 1.165) is 16.9 Å². The van der Waals surface area contributed by atoms with Crippen molar-refractivity contribution in [3.8, 4) is 0 Å². The molecule has 5 rings (SSSR count). The predicted octanol–water partition coefficient (Wildman–Crippen LogP) is 3.02. The number of aryl methyl sites for hydroxylation is 1. The van der Waals surface area contributed by atoms with Gasteiger partial charge in [-0.15, -0.1) is 0 Å². The van der Waals surface area contributed by atoms with Crippen LogP contribution in [-0.2, 0) is 12.0 Å². The van der Waals surface area contributed by atoms with Gasteiger partial charge in [0.25, 0.3) is 5.91 Å². The number of hydrogen-bond donors (Lipinski definition) is 2. The summed E-state index contributed by atoms with van der Waals surface area (Å²) < 4.78 is 7.33. The van der Waals surface area contributed by atoms with Crippen molar-refractivity contribution < 1.29 is 14.3 Å². The maximum atomic E-state index is 13.6. The number of fused-ring (bicyclic) bond motifs is 2. The number of carbonyl (C=O) groups excluding carboxylic acids is 1. The Hall–Kier alpha value is -3.17. The van der Waals surface area contributed by atoms with E-state index in [2.05, 4.69) is 20.1 Å². The number of aliphatic hydroxyl groups is 1. The van der Waals surface area contributed by atoms with Crippen molar-refractivity contribution in [1.82, 2.24) is 29.5 Å². The minimum Gasteiger partial charge on any atom is -0.432 e. The summed E-state index contributed by atoms with van der Waals surface area (Å²) in [7, 11) is 0. The molecule has 1 atom stereocenters. The summed E-state index contributed by atoms with van der Waals surface area (Å²) in [6, 6.07) is 6.89. The second kappa shape index (κ2) is 6.93. The Kier molecular flexibility index (Phi) is 4.42. The van der Waals surface area contributed by atoms with Crippen molar-refractivity contribution in [1.29, 1.82) is 0 Å². The lowest BCUT2D eigenvalue weighted by molar-refractivity contribution is 0.0440. The molecule has 0 bridgehead atoms. The van der Waals surface area contributed by atoms with E-state index in [1.807, 2.05) is 18.2 Å². The molecule has 0 saturated carbocycles. The largest absolute Gasteiger partial charge is 0.432 e. The average Bonchev–Trinajstić information content (AvgIpc) is 3.44. The van der Waals surface area contributed by atoms with Crippen molar-refractivity contribution >= 4 is 23.0 Å². The average molecular weight is 441 g/mol. The quantitative estimate of drug-likeness (QED) is 0.473. The van der Waals surface area contributed by atoms with E-state index in [0.29, 0.717) is 29.5 Å². The highest BCUT2D eigenvalue weighted by molar-refractivity contribution is 6.29. The highest BCUT2D eigenvalue weighted by Gasteiger charge is 2.39. The summed E-state index contributed by atoms with van der Waals surface area (Å²) in [4.78, 5) is 27.1. The molecule has 4 aromatic rings. The number of imidazole rings is 1. The molecule has 1 aliphatic heterocycles. The van der Waals surface area contributed by atoms with Gasteiger partial charge in [0.1, 0.15) is 16.8 Å². The number of hydrogen-bond acceptors (Lipinski definition) is 6. The molecular formula is C21H21ClN6O3. The molecule has 0 radical (unpaired) electrons. The summed E-state index contributed by atoms with van der Waals surface area (Å²) >= 11 is 6.30. The van der Waals surface area contributed by atoms with Crippen LogP contribution in [0.4, 0.5) is 0 Å². The van der Waals surface area contributed by atoms with Gasteiger partial charge in [-0.2, -0.15) is 5.10 Å². The van der Waals surface area contributed by atoms with Gasteiger partial charge in [-0.05, 0) is 39.0 Å². The molecule has 9 nitrogen and oxygen atoms in total. The third-order valence-corrected chi connectivity index (χ3v) is 5.73. The van der Waals surface area contributed by atoms with Gasteiger partial charge in [-0.1, -0.05) is 17.7 Å². The Morgan fingerprint density at radius 2 is 2.19 bits per heavy atom. The molecule has 160 valence electrons. The SMILES string of the molecule is Cc1nc(C(C)(C)O)oc1C(=O)N1CCc2[nH]cnc2C1c1cc2cccc(Cl)n2n1. The first-order valence-electron chi connectivity index (χ1n) is 9.91. The molecule has 1 aliphatic rings. The highest BCUT2D eigenvalue weighted by atomic mass is 35.5. The first-order chi connectivity index (χ1) is 14.7. The van der Waals surface area contributed by atoms with E-state index in [1.165, 1.54) is 0 Å². The van der Waals surface area contributed by atoms with E-state index < -0.39 is 11.6 Å². The molecule has 1 amide bonds. The van der Waals surface area contributed by atoms with Crippen LogP contribution in [0.3, 0.4) is 0 Å². The number of aromatic amines is 1. The van der Waals surface area contributed by atoms with Crippen LogP contribution >= 0.6 is 11.6 Å². The van der Waals surface area contributed by atoms with E-state index in [9.17, 15) is 9.90 Å². The molecule has 0 fully saturated rings. The number of oxazole rings is 1. The monoisotopic (exact) mass is 440 g/mol. The minimum absolute atomic E-state index is 0.0990. The lowest BCUT2D eigenvalue weighted by atomic mass is 9.99. The number of aromatic nitrogens is 5. The van der Waals surface area contributed by atoms with Gasteiger partial charge < -0.3 is 19.4 Å². The highest BCUT2D eigenvalue weighted by Crippen LogP contribution is 2.35. The second-order valence-electron chi connectivity index (χ2n) is 8.16. The van der Waals surface area contributed by atoms with Gasteiger partial charge in [0, 0.05) is 18.7 Å². The predicted molar refractivity (Wildman–Crippen MR) is 112 cm³/mol. The van der Waals surface area contributed by atoms with Crippen LogP contribution in [-0.4, -0.2) is 47.0 Å². The number of halogens is 1. The number of nitrogens with zero attached hydrogens (tertiary/aromatic N) is 5. The summed E-state index contributed by atoms with van der Waals surface area (Å²) in [6.07, 6.45) is 2.25. The van der Waals surface area contributed by atoms with Crippen molar-refractivity contribution in [2.45, 2.75) is 38.8 Å². The summed E-state index contributed by atoms with van der Waals surface area (Å²) in [5, 5.41) is 15.4. The smallest absolute Gasteiger partial charge is 0.292 e. The molecule has 4 aromatic heterocycles. The van der Waals surface area contributed by atoms with Gasteiger partial charge in [0.2, 0.25) is 11.7 Å². The van der Waals surface area contributed by atoms with Crippen LogP contribution < -0.4 is 0 Å². The van der Waals surface area contributed by atoms with Gasteiger partial charge in [0.05, 0.1) is 28.9 Å². The van der Waals surface area contributed by atoms with Crippen molar-refractivity contribution in [2.24, 2.45) is 0 Å². The molecule has 10 heteroatoms. The van der Waals surface area contributed by atoms with Crippen LogP contribution in [0.2, 0.25) is 5.15 Å². The van der Waals surface area contributed by atoms with Crippen LogP contribution in [0.5, 0.6) is 0 Å². The molecule has 0 aliphatic carbocycles. The Bertz CT molecular complexity index is 1300. The number of pyridine rings is 1. The minimum atomic E-state index is -1.29. The first kappa shape index (κ1) is 19.8. The number of carbonyl (C=O) groups is 1. The van der Waals surface area contributed by atoms with Gasteiger partial charge >= 0.3 is 0 Å². The Balaban J connectivity index is 1.61. The van der Waals surface area contributed by atoms with Crippen LogP contribution in [0.1, 0.15) is 59.1 Å². The van der Waals surface area contributed by atoms with Crippen LogP contribution in [0, 0.1) is 6.92 Å². The van der Waals surface area contributed by atoms with E-state index in [-0.39, 0.29) is 17.6 Å². The molecule has 0 aromatic carbocycles. The van der Waals surface area contributed by atoms with E-state index in [1.54, 1.807) is 42.6 Å². The summed E-state index contributed by atoms with van der Waals surface area (Å²) in [5.74, 6) is -0.132. The third-order valence-electron chi connectivity index (χ3n) is 5.44.